The van der Waals surface area contributed by atoms with E-state index in [1.54, 1.807) is 5.51 Å². The molecular formula is C14H21N3OS2. The monoisotopic (exact) mass is 311 g/mol. The molecule has 0 radical (unpaired) electrons. The summed E-state index contributed by atoms with van der Waals surface area (Å²) < 4.78 is 0. The molecule has 0 aromatic carbocycles. The van der Waals surface area contributed by atoms with E-state index in [2.05, 4.69) is 17.2 Å². The third-order valence-corrected chi connectivity index (χ3v) is 5.63. The van der Waals surface area contributed by atoms with Crippen LogP contribution >= 0.6 is 23.6 Å². The van der Waals surface area contributed by atoms with Crippen molar-refractivity contribution in [2.45, 2.75) is 51.5 Å². The fourth-order valence-corrected chi connectivity index (χ4v) is 3.76. The van der Waals surface area contributed by atoms with Gasteiger partial charge in [0.05, 0.1) is 21.7 Å². The van der Waals surface area contributed by atoms with Gasteiger partial charge >= 0.3 is 0 Å². The van der Waals surface area contributed by atoms with E-state index in [9.17, 15) is 4.79 Å². The fourth-order valence-electron chi connectivity index (χ4n) is 2.81. The van der Waals surface area contributed by atoms with Crippen LogP contribution in [0.3, 0.4) is 0 Å². The summed E-state index contributed by atoms with van der Waals surface area (Å²) in [6, 6.07) is 0. The van der Waals surface area contributed by atoms with Gasteiger partial charge in [0.15, 0.2) is 0 Å². The quantitative estimate of drug-likeness (QED) is 0.839. The summed E-state index contributed by atoms with van der Waals surface area (Å²) in [6.07, 6.45) is 4.98. The first-order chi connectivity index (χ1) is 9.48. The molecule has 1 saturated carbocycles. The van der Waals surface area contributed by atoms with Crippen molar-refractivity contribution in [2.75, 3.05) is 0 Å². The Kier molecular flexibility index (Phi) is 4.75. The highest BCUT2D eigenvalue weighted by Gasteiger charge is 2.39. The Labute approximate surface area is 129 Å². The second-order valence-electron chi connectivity index (χ2n) is 5.52. The molecule has 0 bridgehead atoms. The molecule has 3 N–H and O–H groups in total. The molecule has 1 aromatic rings. The Hall–Kier alpha value is -1.01. The van der Waals surface area contributed by atoms with Crippen LogP contribution in [0.2, 0.25) is 0 Å². The first-order valence-electron chi connectivity index (χ1n) is 7.01. The van der Waals surface area contributed by atoms with Crippen molar-refractivity contribution >= 4 is 34.5 Å². The number of carbonyl (C=O) groups is 1. The summed E-state index contributed by atoms with van der Waals surface area (Å²) >= 11 is 6.59. The van der Waals surface area contributed by atoms with Gasteiger partial charge < -0.3 is 11.1 Å². The summed E-state index contributed by atoms with van der Waals surface area (Å²) in [5, 5.41) is 3.08. The zero-order valence-electron chi connectivity index (χ0n) is 11.9. The highest BCUT2D eigenvalue weighted by atomic mass is 32.1. The Morgan fingerprint density at radius 2 is 2.25 bits per heavy atom. The number of nitrogens with two attached hydrogens (primary N) is 1. The molecule has 6 heteroatoms. The van der Waals surface area contributed by atoms with Crippen LogP contribution in [-0.4, -0.2) is 21.4 Å². The maximum absolute atomic E-state index is 12.4. The number of carbonyl (C=O) groups excluding carboxylic acids is 1. The van der Waals surface area contributed by atoms with Crippen molar-refractivity contribution < 1.29 is 4.79 Å². The lowest BCUT2D eigenvalue weighted by Gasteiger charge is -2.39. The lowest BCUT2D eigenvalue weighted by Crippen LogP contribution is -2.58. The van der Waals surface area contributed by atoms with Crippen molar-refractivity contribution in [2.24, 2.45) is 11.7 Å². The van der Waals surface area contributed by atoms with Gasteiger partial charge in [0.2, 0.25) is 0 Å². The third kappa shape index (κ3) is 3.01. The second kappa shape index (κ2) is 6.18. The van der Waals surface area contributed by atoms with Crippen LogP contribution in [-0.2, 0) is 0 Å². The number of hydrogen-bond acceptors (Lipinski definition) is 4. The molecule has 0 atom stereocenters. The largest absolute Gasteiger partial charge is 0.391 e. The highest BCUT2D eigenvalue weighted by molar-refractivity contribution is 7.80. The van der Waals surface area contributed by atoms with Crippen molar-refractivity contribution in [1.29, 1.82) is 0 Å². The first kappa shape index (κ1) is 15.4. The van der Waals surface area contributed by atoms with Gasteiger partial charge in [-0.2, -0.15) is 0 Å². The summed E-state index contributed by atoms with van der Waals surface area (Å²) in [4.78, 5) is 17.6. The lowest BCUT2D eigenvalue weighted by molar-refractivity contribution is 0.0901. The third-order valence-electron chi connectivity index (χ3n) is 4.31. The Bertz CT molecular complexity index is 504. The normalized spacial score (nSPS) is 26.2. The van der Waals surface area contributed by atoms with Crippen LogP contribution in [0.15, 0.2) is 5.51 Å². The van der Waals surface area contributed by atoms with Crippen LogP contribution in [0.4, 0.5) is 0 Å². The van der Waals surface area contributed by atoms with Crippen molar-refractivity contribution in [1.82, 2.24) is 10.3 Å². The summed E-state index contributed by atoms with van der Waals surface area (Å²) in [5.74, 6) is 0.618. The van der Waals surface area contributed by atoms with E-state index in [1.165, 1.54) is 17.8 Å². The molecule has 110 valence electrons. The minimum atomic E-state index is -0.519. The number of thiazole rings is 1. The average molecular weight is 311 g/mol. The SMILES string of the molecule is CCC1CCC(NC(=O)c2scnc2C)(C(N)=S)CC1. The fraction of sp³-hybridized carbons (Fsp3) is 0.643. The van der Waals surface area contributed by atoms with Crippen molar-refractivity contribution in [3.05, 3.63) is 16.1 Å². The smallest absolute Gasteiger partial charge is 0.264 e. The molecule has 0 saturated heterocycles. The zero-order valence-corrected chi connectivity index (χ0v) is 13.6. The van der Waals surface area contributed by atoms with Crippen LogP contribution in [0, 0.1) is 12.8 Å². The predicted molar refractivity (Wildman–Crippen MR) is 86.1 cm³/mol. The van der Waals surface area contributed by atoms with Gasteiger partial charge in [0.1, 0.15) is 4.88 Å². The average Bonchev–Trinajstić information content (AvgIpc) is 2.85. The van der Waals surface area contributed by atoms with Gasteiger partial charge in [-0.15, -0.1) is 11.3 Å². The molecule has 2 rings (SSSR count). The number of nitrogens with one attached hydrogen (secondary N) is 1. The number of rotatable bonds is 4. The molecule has 1 aliphatic rings. The molecule has 1 amide bonds. The lowest BCUT2D eigenvalue weighted by atomic mass is 9.75. The van der Waals surface area contributed by atoms with Crippen LogP contribution in [0.25, 0.3) is 0 Å². The second-order valence-corrected chi connectivity index (χ2v) is 6.81. The topological polar surface area (TPSA) is 68.0 Å². The van der Waals surface area contributed by atoms with Gasteiger partial charge in [-0.25, -0.2) is 4.98 Å². The van der Waals surface area contributed by atoms with Gasteiger partial charge in [0.25, 0.3) is 5.91 Å². The molecule has 1 aromatic heterocycles. The molecule has 1 heterocycles. The number of amides is 1. The van der Waals surface area contributed by atoms with Crippen molar-refractivity contribution in [3.8, 4) is 0 Å². The maximum Gasteiger partial charge on any atom is 0.264 e. The van der Waals surface area contributed by atoms with E-state index < -0.39 is 5.54 Å². The van der Waals surface area contributed by atoms with Crippen molar-refractivity contribution in [3.63, 3.8) is 0 Å². The van der Waals surface area contributed by atoms with E-state index >= 15 is 0 Å². The van der Waals surface area contributed by atoms with Crippen LogP contribution in [0.5, 0.6) is 0 Å². The molecular weight excluding hydrogens is 290 g/mol. The molecule has 0 spiro atoms. The van der Waals surface area contributed by atoms with E-state index in [1.807, 2.05) is 6.92 Å². The standard InChI is InChI=1S/C14H21N3OS2/c1-3-10-4-6-14(7-5-10,13(15)19)17-12(18)11-9(2)16-8-20-11/h8,10H,3-7H2,1-2H3,(H2,15,19)(H,17,18). The van der Waals surface area contributed by atoms with E-state index in [-0.39, 0.29) is 5.91 Å². The maximum atomic E-state index is 12.4. The first-order valence-corrected chi connectivity index (χ1v) is 8.30. The van der Waals surface area contributed by atoms with Gasteiger partial charge in [-0.1, -0.05) is 25.6 Å². The molecule has 20 heavy (non-hydrogen) atoms. The summed E-state index contributed by atoms with van der Waals surface area (Å²) in [7, 11) is 0. The zero-order chi connectivity index (χ0) is 14.8. The number of aromatic nitrogens is 1. The van der Waals surface area contributed by atoms with E-state index in [4.69, 9.17) is 18.0 Å². The molecule has 1 aliphatic carbocycles. The molecule has 1 fully saturated rings. The Morgan fingerprint density at radius 3 is 2.70 bits per heavy atom. The number of hydrogen-bond donors (Lipinski definition) is 2. The van der Waals surface area contributed by atoms with Gasteiger partial charge in [-0.05, 0) is 38.5 Å². The highest BCUT2D eigenvalue weighted by Crippen LogP contribution is 2.34. The minimum Gasteiger partial charge on any atom is -0.391 e. The summed E-state index contributed by atoms with van der Waals surface area (Å²) in [6.45, 7) is 4.05. The molecule has 4 nitrogen and oxygen atoms in total. The predicted octanol–water partition coefficient (Wildman–Crippen LogP) is 2.81. The number of thiocarbonyl (C=S) groups is 1. The molecule has 0 aliphatic heterocycles. The molecule has 0 unspecified atom stereocenters. The minimum absolute atomic E-state index is 0.104. The summed E-state index contributed by atoms with van der Waals surface area (Å²) in [5.41, 5.74) is 7.86. The Morgan fingerprint density at radius 1 is 1.60 bits per heavy atom. The van der Waals surface area contributed by atoms with E-state index in [0.29, 0.717) is 9.87 Å². The number of nitrogens with zero attached hydrogens (tertiary/aromatic N) is 1. The Balaban J connectivity index is 2.13. The van der Waals surface area contributed by atoms with Crippen LogP contribution in [0.1, 0.15) is 54.4 Å². The van der Waals surface area contributed by atoms with Crippen LogP contribution < -0.4 is 11.1 Å². The number of aryl methyl sites for hydroxylation is 1. The van der Waals surface area contributed by atoms with Gasteiger partial charge in [-0.3, -0.25) is 4.79 Å². The van der Waals surface area contributed by atoms with Gasteiger partial charge in [0, 0.05) is 0 Å². The van der Waals surface area contributed by atoms with E-state index in [0.717, 1.165) is 37.3 Å².